The van der Waals surface area contributed by atoms with Crippen molar-refractivity contribution in [1.82, 2.24) is 19.5 Å². The third-order valence-electron chi connectivity index (χ3n) is 5.20. The van der Waals surface area contributed by atoms with Crippen LogP contribution in [-0.4, -0.2) is 93.2 Å². The van der Waals surface area contributed by atoms with Crippen LogP contribution in [0.5, 0.6) is 0 Å². The number of fused-ring (bicyclic) bond motifs is 1. The van der Waals surface area contributed by atoms with Crippen LogP contribution in [0, 0.1) is 5.41 Å². The van der Waals surface area contributed by atoms with Crippen LogP contribution in [0.25, 0.3) is 11.2 Å². The molecular weight excluding hydrogens is 563 g/mol. The lowest BCUT2D eigenvalue weighted by atomic mass is 9.88. The molecule has 2 aromatic heterocycles. The van der Waals surface area contributed by atoms with Crippen LogP contribution in [0.4, 0.5) is 5.82 Å². The maximum Gasteiger partial charge on any atom is 0.470 e. The highest BCUT2D eigenvalue weighted by Gasteiger charge is 2.49. The van der Waals surface area contributed by atoms with E-state index in [1.54, 1.807) is 0 Å². The molecule has 21 heteroatoms. The number of hydrogen-bond acceptors (Lipinski definition) is 15. The summed E-state index contributed by atoms with van der Waals surface area (Å²) in [6, 6.07) is 0. The fraction of sp³-hybridized carbons (Fsp3) is 0.625. The second kappa shape index (κ2) is 12.2. The molecule has 7 atom stereocenters. The van der Waals surface area contributed by atoms with Gasteiger partial charge in [-0.2, -0.15) is 0 Å². The number of phosphoric acid groups is 1. The number of hydrogen-bond donors (Lipinski definition) is 7. The van der Waals surface area contributed by atoms with Gasteiger partial charge in [0.05, 0.1) is 19.5 Å². The van der Waals surface area contributed by atoms with Crippen LogP contribution >= 0.6 is 25.0 Å². The predicted octanol–water partition coefficient (Wildman–Crippen LogP) is -0.781. The average molecular weight is 589 g/mol. The number of rotatable bonds is 13. The van der Waals surface area contributed by atoms with Gasteiger partial charge in [0.2, 0.25) is 0 Å². The van der Waals surface area contributed by atoms with Gasteiger partial charge in [0.1, 0.15) is 42.5 Å². The van der Waals surface area contributed by atoms with E-state index in [0.29, 0.717) is 6.29 Å². The molecule has 0 bridgehead atoms. The van der Waals surface area contributed by atoms with Crippen molar-refractivity contribution >= 4 is 48.3 Å². The maximum atomic E-state index is 11.5. The Kier molecular flexibility index (Phi) is 9.99. The number of ether oxygens (including phenoxy) is 1. The number of imidazole rings is 1. The molecule has 3 rings (SSSR count). The molecule has 0 radical (unpaired) electrons. The SMILES string of the molecule is CC(C)(COP(O)OP(O)OCC1OC(n2cnc3c(N)ncnc32)C(O)C1OP(=O)(O)O)C(O)C=O. The molecule has 0 aromatic carbocycles. The third-order valence-corrected chi connectivity index (χ3v) is 7.55. The quantitative estimate of drug-likeness (QED) is 0.111. The summed E-state index contributed by atoms with van der Waals surface area (Å²) in [5.41, 5.74) is 5.05. The fourth-order valence-corrected chi connectivity index (χ4v) is 5.31. The second-order valence-electron chi connectivity index (χ2n) is 8.40. The van der Waals surface area contributed by atoms with Gasteiger partial charge in [-0.1, -0.05) is 13.8 Å². The molecule has 0 aliphatic carbocycles. The van der Waals surface area contributed by atoms with Gasteiger partial charge in [-0.05, 0) is 0 Å². The topological polar surface area (TPSA) is 271 Å². The Morgan fingerprint density at radius 1 is 1.27 bits per heavy atom. The molecule has 3 heterocycles. The van der Waals surface area contributed by atoms with Gasteiger partial charge in [-0.25, -0.2) is 23.8 Å². The number of carbonyl (C=O) groups excluding carboxylic acids is 1. The first-order chi connectivity index (χ1) is 17.2. The highest BCUT2D eigenvalue weighted by molar-refractivity contribution is 7.54. The van der Waals surface area contributed by atoms with Gasteiger partial charge in [0, 0.05) is 5.41 Å². The number of carbonyl (C=O) groups is 1. The first-order valence-electron chi connectivity index (χ1n) is 10.3. The van der Waals surface area contributed by atoms with E-state index in [9.17, 15) is 39.1 Å². The van der Waals surface area contributed by atoms with Gasteiger partial charge < -0.3 is 54.1 Å². The van der Waals surface area contributed by atoms with Crippen molar-refractivity contribution in [3.8, 4) is 0 Å². The molecule has 208 valence electrons. The summed E-state index contributed by atoms with van der Waals surface area (Å²) in [5, 5.41) is 20.4. The second-order valence-corrected chi connectivity index (χ2v) is 11.7. The standard InChI is InChI=1S/C16H26N5O13P3/c1-16(2,9(23)3-22)5-31-36(26)34-35(25)30-4-8-12(33-37(27,28)29)11(24)15(32-8)21-7-20-10-13(17)18-6-19-14(10)21/h3,6-9,11-12,15,23-26H,4-5H2,1-2H3,(H2,17,18,19)(H2,27,28,29). The minimum atomic E-state index is -5.11. The predicted molar refractivity (Wildman–Crippen MR) is 124 cm³/mol. The summed E-state index contributed by atoms with van der Waals surface area (Å²) in [7, 11) is -10.6. The molecule has 1 aliphatic heterocycles. The fourth-order valence-electron chi connectivity index (χ4n) is 3.16. The lowest BCUT2D eigenvalue weighted by molar-refractivity contribution is -0.121. The molecule has 0 saturated carbocycles. The van der Waals surface area contributed by atoms with Crippen LogP contribution < -0.4 is 5.73 Å². The Labute approximate surface area is 211 Å². The molecule has 2 aromatic rings. The number of aliphatic hydroxyl groups excluding tert-OH is 2. The van der Waals surface area contributed by atoms with Crippen LogP contribution in [0.2, 0.25) is 0 Å². The minimum Gasteiger partial charge on any atom is -0.386 e. The first-order valence-corrected chi connectivity index (χ1v) is 14.1. The molecule has 1 fully saturated rings. The highest BCUT2D eigenvalue weighted by atomic mass is 31.2. The van der Waals surface area contributed by atoms with Crippen molar-refractivity contribution in [1.29, 1.82) is 0 Å². The maximum absolute atomic E-state index is 11.5. The average Bonchev–Trinajstić information content (AvgIpc) is 3.37. The number of aromatic nitrogens is 4. The van der Waals surface area contributed by atoms with Crippen LogP contribution in [0.1, 0.15) is 20.1 Å². The Morgan fingerprint density at radius 2 is 1.95 bits per heavy atom. The van der Waals surface area contributed by atoms with E-state index in [0.717, 1.165) is 6.33 Å². The van der Waals surface area contributed by atoms with E-state index in [1.807, 2.05) is 0 Å². The molecule has 7 unspecified atom stereocenters. The number of anilines is 1. The lowest BCUT2D eigenvalue weighted by Crippen LogP contribution is -2.35. The van der Waals surface area contributed by atoms with Gasteiger partial charge in [-0.15, -0.1) is 0 Å². The van der Waals surface area contributed by atoms with Gasteiger partial charge in [0.15, 0.2) is 17.7 Å². The number of nitrogens with zero attached hydrogens (tertiary/aromatic N) is 4. The summed E-state index contributed by atoms with van der Waals surface area (Å²) in [6.45, 7) is 2.08. The van der Waals surface area contributed by atoms with Crippen molar-refractivity contribution in [2.45, 2.75) is 44.5 Å². The Hall–Kier alpha value is -1.33. The molecule has 1 saturated heterocycles. The van der Waals surface area contributed by atoms with Crippen molar-refractivity contribution in [2.24, 2.45) is 5.41 Å². The summed E-state index contributed by atoms with van der Waals surface area (Å²) in [4.78, 5) is 61.0. The van der Waals surface area contributed by atoms with E-state index in [4.69, 9.17) is 28.4 Å². The molecule has 8 N–H and O–H groups in total. The van der Waals surface area contributed by atoms with E-state index < -0.39 is 67.7 Å². The smallest absolute Gasteiger partial charge is 0.386 e. The number of phosphoric ester groups is 1. The Bertz CT molecular complexity index is 1120. The monoisotopic (exact) mass is 589 g/mol. The highest BCUT2D eigenvalue weighted by Crippen LogP contribution is 2.51. The lowest BCUT2D eigenvalue weighted by Gasteiger charge is -2.27. The van der Waals surface area contributed by atoms with Gasteiger partial charge in [0.25, 0.3) is 0 Å². The van der Waals surface area contributed by atoms with E-state index in [2.05, 4.69) is 15.0 Å². The van der Waals surface area contributed by atoms with E-state index >= 15 is 0 Å². The third kappa shape index (κ3) is 7.62. The number of aliphatic hydroxyl groups is 2. The van der Waals surface area contributed by atoms with Crippen molar-refractivity contribution in [3.63, 3.8) is 0 Å². The zero-order chi connectivity index (χ0) is 27.5. The summed E-state index contributed by atoms with van der Waals surface area (Å²) in [5.74, 6) is 0.0500. The van der Waals surface area contributed by atoms with Crippen LogP contribution in [0.3, 0.4) is 0 Å². The van der Waals surface area contributed by atoms with Crippen molar-refractivity contribution < 1.29 is 61.8 Å². The summed E-state index contributed by atoms with van der Waals surface area (Å²) in [6.07, 6.45) is -4.65. The van der Waals surface area contributed by atoms with Crippen molar-refractivity contribution in [3.05, 3.63) is 12.7 Å². The first kappa shape index (κ1) is 30.2. The van der Waals surface area contributed by atoms with E-state index in [-0.39, 0.29) is 23.6 Å². The summed E-state index contributed by atoms with van der Waals surface area (Å²) >= 11 is 0. The largest absolute Gasteiger partial charge is 0.470 e. The molecule has 37 heavy (non-hydrogen) atoms. The van der Waals surface area contributed by atoms with Gasteiger partial charge >= 0.3 is 25.0 Å². The molecule has 0 spiro atoms. The zero-order valence-electron chi connectivity index (χ0n) is 19.3. The normalized spacial score (nSPS) is 25.3. The van der Waals surface area contributed by atoms with E-state index in [1.165, 1.54) is 24.7 Å². The van der Waals surface area contributed by atoms with Crippen LogP contribution in [-0.2, 0) is 32.0 Å². The molecule has 0 amide bonds. The molecular formula is C16H26N5O13P3. The summed E-state index contributed by atoms with van der Waals surface area (Å²) < 4.78 is 38.0. The number of nitrogens with two attached hydrogens (primary N) is 1. The van der Waals surface area contributed by atoms with Gasteiger partial charge in [-0.3, -0.25) is 9.09 Å². The molecule has 18 nitrogen and oxygen atoms in total. The molecule has 1 aliphatic rings. The Balaban J connectivity index is 1.65. The van der Waals surface area contributed by atoms with Crippen molar-refractivity contribution in [2.75, 3.05) is 18.9 Å². The zero-order valence-corrected chi connectivity index (χ0v) is 22.0. The number of aldehydes is 1. The minimum absolute atomic E-state index is 0.0500. The number of nitrogen functional groups attached to an aromatic ring is 1. The Morgan fingerprint density at radius 3 is 2.59 bits per heavy atom. The van der Waals surface area contributed by atoms with Crippen LogP contribution in [0.15, 0.2) is 12.7 Å².